The number of alkyl halides is 3. The number of ether oxygens (including phenoxy) is 2. The van der Waals surface area contributed by atoms with Crippen molar-refractivity contribution in [2.75, 3.05) is 33.0 Å². The normalized spacial score (nSPS) is 18.2. The molecule has 2 heterocycles. The molecule has 1 saturated heterocycles. The lowest BCUT2D eigenvalue weighted by atomic mass is 10.2. The average molecular weight is 428 g/mol. The van der Waals surface area contributed by atoms with Crippen LogP contribution in [0.25, 0.3) is 0 Å². The maximum atomic E-state index is 12.9. The molecule has 0 amide bonds. The Kier molecular flexibility index (Phi) is 5.18. The molecule has 0 bridgehead atoms. The fourth-order valence-corrected chi connectivity index (χ4v) is 4.88. The SMILES string of the molecule is O=S(=O)(c1cccc(C(F)(F)F)c1)N1CCN(Cc2ccc3c(c2)OCO3)CC1. The summed E-state index contributed by atoms with van der Waals surface area (Å²) in [4.78, 5) is 1.76. The molecule has 0 unspecified atom stereocenters. The summed E-state index contributed by atoms with van der Waals surface area (Å²) < 4.78 is 76.1. The van der Waals surface area contributed by atoms with Gasteiger partial charge in [-0.1, -0.05) is 12.1 Å². The number of hydrogen-bond donors (Lipinski definition) is 0. The van der Waals surface area contributed by atoms with Gasteiger partial charge in [-0.05, 0) is 35.9 Å². The molecule has 6 nitrogen and oxygen atoms in total. The van der Waals surface area contributed by atoms with Gasteiger partial charge < -0.3 is 9.47 Å². The van der Waals surface area contributed by atoms with Crippen LogP contribution in [0.5, 0.6) is 11.5 Å². The van der Waals surface area contributed by atoms with Gasteiger partial charge in [-0.15, -0.1) is 0 Å². The summed E-state index contributed by atoms with van der Waals surface area (Å²) in [7, 11) is -3.98. The van der Waals surface area contributed by atoms with Crippen molar-refractivity contribution < 1.29 is 31.1 Å². The Labute approximate surface area is 166 Å². The summed E-state index contributed by atoms with van der Waals surface area (Å²) in [5, 5.41) is 0. The van der Waals surface area contributed by atoms with Crippen LogP contribution in [0.2, 0.25) is 0 Å². The lowest BCUT2D eigenvalue weighted by Crippen LogP contribution is -2.48. The predicted octanol–water partition coefficient (Wildman–Crippen LogP) is 2.94. The summed E-state index contributed by atoms with van der Waals surface area (Å²) in [5.41, 5.74) is 0.0449. The smallest absolute Gasteiger partial charge is 0.416 e. The van der Waals surface area contributed by atoms with E-state index in [4.69, 9.17) is 9.47 Å². The van der Waals surface area contributed by atoms with Crippen LogP contribution in [-0.4, -0.2) is 50.6 Å². The highest BCUT2D eigenvalue weighted by atomic mass is 32.2. The zero-order valence-electron chi connectivity index (χ0n) is 15.4. The first-order chi connectivity index (χ1) is 13.7. The lowest BCUT2D eigenvalue weighted by molar-refractivity contribution is -0.137. The van der Waals surface area contributed by atoms with Crippen molar-refractivity contribution in [3.63, 3.8) is 0 Å². The van der Waals surface area contributed by atoms with Gasteiger partial charge >= 0.3 is 6.18 Å². The fraction of sp³-hybridized carbons (Fsp3) is 0.368. The topological polar surface area (TPSA) is 59.1 Å². The van der Waals surface area contributed by atoms with E-state index in [0.717, 1.165) is 17.7 Å². The summed E-state index contributed by atoms with van der Waals surface area (Å²) in [6.07, 6.45) is -4.59. The first-order valence-corrected chi connectivity index (χ1v) is 10.5. The standard InChI is InChI=1S/C19H19F3N2O4S/c20-19(21,22)15-2-1-3-16(11-15)29(25,26)24-8-6-23(7-9-24)12-14-4-5-17-18(10-14)28-13-27-17/h1-5,10-11H,6-9,12-13H2. The van der Waals surface area contributed by atoms with Crippen molar-refractivity contribution in [1.29, 1.82) is 0 Å². The molecule has 10 heteroatoms. The molecule has 29 heavy (non-hydrogen) atoms. The van der Waals surface area contributed by atoms with E-state index in [2.05, 4.69) is 4.90 Å². The lowest BCUT2D eigenvalue weighted by Gasteiger charge is -2.34. The number of halogens is 3. The van der Waals surface area contributed by atoms with Crippen LogP contribution < -0.4 is 9.47 Å². The molecule has 2 aliphatic heterocycles. The Morgan fingerprint density at radius 3 is 2.38 bits per heavy atom. The second kappa shape index (κ2) is 7.51. The molecule has 0 N–H and O–H groups in total. The van der Waals surface area contributed by atoms with Crippen molar-refractivity contribution in [1.82, 2.24) is 9.21 Å². The van der Waals surface area contributed by atoms with Gasteiger partial charge in [0, 0.05) is 32.7 Å². The van der Waals surface area contributed by atoms with Crippen molar-refractivity contribution in [3.8, 4) is 11.5 Å². The highest BCUT2D eigenvalue weighted by molar-refractivity contribution is 7.89. The van der Waals surface area contributed by atoms with Crippen molar-refractivity contribution in [2.24, 2.45) is 0 Å². The van der Waals surface area contributed by atoms with E-state index >= 15 is 0 Å². The Morgan fingerprint density at radius 2 is 1.66 bits per heavy atom. The molecule has 0 spiro atoms. The summed E-state index contributed by atoms with van der Waals surface area (Å²) >= 11 is 0. The van der Waals surface area contributed by atoms with Gasteiger partial charge in [-0.2, -0.15) is 17.5 Å². The third-order valence-corrected chi connectivity index (χ3v) is 6.87. The number of benzene rings is 2. The molecule has 1 fully saturated rings. The van der Waals surface area contributed by atoms with Crippen LogP contribution in [-0.2, 0) is 22.7 Å². The molecule has 2 aliphatic rings. The van der Waals surface area contributed by atoms with Crippen LogP contribution in [0.3, 0.4) is 0 Å². The van der Waals surface area contributed by atoms with Gasteiger partial charge in [0.1, 0.15) is 0 Å². The third kappa shape index (κ3) is 4.19. The number of sulfonamides is 1. The van der Waals surface area contributed by atoms with Crippen LogP contribution in [0.1, 0.15) is 11.1 Å². The monoisotopic (exact) mass is 428 g/mol. The highest BCUT2D eigenvalue weighted by Gasteiger charge is 2.34. The molecular weight excluding hydrogens is 409 g/mol. The van der Waals surface area contributed by atoms with Crippen LogP contribution in [0.15, 0.2) is 47.4 Å². The van der Waals surface area contributed by atoms with Crippen LogP contribution in [0.4, 0.5) is 13.2 Å². The molecule has 2 aromatic carbocycles. The largest absolute Gasteiger partial charge is 0.454 e. The number of piperazine rings is 1. The van der Waals surface area contributed by atoms with Gasteiger partial charge in [0.25, 0.3) is 0 Å². The van der Waals surface area contributed by atoms with E-state index in [9.17, 15) is 21.6 Å². The molecule has 0 saturated carbocycles. The van der Waals surface area contributed by atoms with Gasteiger partial charge in [-0.3, -0.25) is 4.90 Å². The minimum Gasteiger partial charge on any atom is -0.454 e. The van der Waals surface area contributed by atoms with E-state index in [0.29, 0.717) is 37.2 Å². The van der Waals surface area contributed by atoms with E-state index in [-0.39, 0.29) is 24.8 Å². The first-order valence-electron chi connectivity index (χ1n) is 9.02. The van der Waals surface area contributed by atoms with Gasteiger partial charge in [-0.25, -0.2) is 8.42 Å². The second-order valence-electron chi connectivity index (χ2n) is 6.89. The van der Waals surface area contributed by atoms with Crippen molar-refractivity contribution >= 4 is 10.0 Å². The number of nitrogens with zero attached hydrogens (tertiary/aromatic N) is 2. The minimum absolute atomic E-state index is 0.199. The average Bonchev–Trinajstić information content (AvgIpc) is 3.16. The Balaban J connectivity index is 1.41. The first kappa shape index (κ1) is 20.0. The maximum absolute atomic E-state index is 12.9. The molecule has 0 radical (unpaired) electrons. The van der Waals surface area contributed by atoms with Gasteiger partial charge in [0.2, 0.25) is 16.8 Å². The molecule has 0 atom stereocenters. The van der Waals surface area contributed by atoms with Crippen molar-refractivity contribution in [3.05, 3.63) is 53.6 Å². The van der Waals surface area contributed by atoms with Gasteiger partial charge in [0.15, 0.2) is 11.5 Å². The number of rotatable bonds is 4. The fourth-order valence-electron chi connectivity index (χ4n) is 3.41. The van der Waals surface area contributed by atoms with Crippen molar-refractivity contribution in [2.45, 2.75) is 17.6 Å². The number of fused-ring (bicyclic) bond motifs is 1. The van der Waals surface area contributed by atoms with E-state index in [1.54, 1.807) is 0 Å². The molecule has 2 aromatic rings. The molecular formula is C19H19F3N2O4S. The number of hydrogen-bond acceptors (Lipinski definition) is 5. The van der Waals surface area contributed by atoms with Crippen LogP contribution in [0, 0.1) is 0 Å². The second-order valence-corrected chi connectivity index (χ2v) is 8.83. The van der Waals surface area contributed by atoms with E-state index in [1.165, 1.54) is 10.4 Å². The molecule has 4 rings (SSSR count). The van der Waals surface area contributed by atoms with Crippen LogP contribution >= 0.6 is 0 Å². The minimum atomic E-state index is -4.59. The third-order valence-electron chi connectivity index (χ3n) is 4.97. The quantitative estimate of drug-likeness (QED) is 0.750. The molecule has 0 aliphatic carbocycles. The Bertz CT molecular complexity index is 1000. The summed E-state index contributed by atoms with van der Waals surface area (Å²) in [6.45, 7) is 2.20. The van der Waals surface area contributed by atoms with E-state index in [1.807, 2.05) is 18.2 Å². The zero-order valence-corrected chi connectivity index (χ0v) is 16.2. The predicted molar refractivity (Wildman–Crippen MR) is 98.0 cm³/mol. The highest BCUT2D eigenvalue weighted by Crippen LogP contribution is 2.33. The maximum Gasteiger partial charge on any atom is 0.416 e. The summed E-state index contributed by atoms with van der Waals surface area (Å²) in [6, 6.07) is 9.53. The molecule has 156 valence electrons. The summed E-state index contributed by atoms with van der Waals surface area (Å²) in [5.74, 6) is 1.39. The van der Waals surface area contributed by atoms with Gasteiger partial charge in [0.05, 0.1) is 10.5 Å². The zero-order chi connectivity index (χ0) is 20.6. The Morgan fingerprint density at radius 1 is 0.931 bits per heavy atom. The Hall–Kier alpha value is -2.30. The van der Waals surface area contributed by atoms with E-state index < -0.39 is 21.8 Å². The molecule has 0 aromatic heterocycles.